The Bertz CT molecular complexity index is 459. The highest BCUT2D eigenvalue weighted by Gasteiger charge is 2.14. The van der Waals surface area contributed by atoms with E-state index in [1.165, 1.54) is 4.90 Å². The first-order chi connectivity index (χ1) is 9.52. The number of rotatable bonds is 8. The van der Waals surface area contributed by atoms with Gasteiger partial charge in [-0.15, -0.1) is 0 Å². The van der Waals surface area contributed by atoms with Gasteiger partial charge in [0.1, 0.15) is 12.3 Å². The van der Waals surface area contributed by atoms with Crippen molar-refractivity contribution >= 4 is 11.9 Å². The molecule has 5 heteroatoms. The molecule has 110 valence electrons. The molecular formula is C15H21NO4. The van der Waals surface area contributed by atoms with Gasteiger partial charge >= 0.3 is 5.97 Å². The average molecular weight is 279 g/mol. The Labute approximate surface area is 119 Å². The number of carbonyl (C=O) groups is 2. The zero-order chi connectivity index (χ0) is 15.0. The van der Waals surface area contributed by atoms with Gasteiger partial charge in [0, 0.05) is 13.0 Å². The predicted molar refractivity (Wildman–Crippen MR) is 75.8 cm³/mol. The molecule has 0 saturated heterocycles. The predicted octanol–water partition coefficient (Wildman–Crippen LogP) is 2.09. The van der Waals surface area contributed by atoms with E-state index in [1.54, 1.807) is 6.92 Å². The van der Waals surface area contributed by atoms with E-state index in [1.807, 2.05) is 31.2 Å². The van der Waals surface area contributed by atoms with Crippen molar-refractivity contribution in [2.24, 2.45) is 0 Å². The summed E-state index contributed by atoms with van der Waals surface area (Å²) in [5, 5.41) is 8.69. The second kappa shape index (κ2) is 8.19. The number of benzene rings is 1. The summed E-state index contributed by atoms with van der Waals surface area (Å²) in [5.74, 6) is -0.353. The quantitative estimate of drug-likeness (QED) is 0.740. The van der Waals surface area contributed by atoms with Gasteiger partial charge in [-0.3, -0.25) is 9.59 Å². The van der Waals surface area contributed by atoms with E-state index in [-0.39, 0.29) is 12.5 Å². The summed E-state index contributed by atoms with van der Waals surface area (Å²) in [6.07, 6.45) is 0.871. The van der Waals surface area contributed by atoms with Crippen molar-refractivity contribution in [2.45, 2.75) is 26.7 Å². The molecule has 0 aliphatic rings. The highest BCUT2D eigenvalue weighted by molar-refractivity contribution is 5.81. The lowest BCUT2D eigenvalue weighted by Crippen LogP contribution is -2.35. The summed E-state index contributed by atoms with van der Waals surface area (Å²) in [5.41, 5.74) is 1.12. The Balaban J connectivity index is 2.29. The SMILES string of the molecule is CCN(CC(=O)O)C(=O)CCCOc1cccc(C)c1. The fourth-order valence-corrected chi connectivity index (χ4v) is 1.82. The maximum Gasteiger partial charge on any atom is 0.323 e. The van der Waals surface area contributed by atoms with Gasteiger partial charge in [-0.1, -0.05) is 12.1 Å². The van der Waals surface area contributed by atoms with Crippen LogP contribution in [0.2, 0.25) is 0 Å². The summed E-state index contributed by atoms with van der Waals surface area (Å²) in [6, 6.07) is 7.71. The number of nitrogens with zero attached hydrogens (tertiary/aromatic N) is 1. The maximum absolute atomic E-state index is 11.8. The number of likely N-dealkylation sites (N-methyl/N-ethyl adjacent to an activating group) is 1. The fraction of sp³-hybridized carbons (Fsp3) is 0.467. The van der Waals surface area contributed by atoms with Crippen LogP contribution in [0.25, 0.3) is 0 Å². The summed E-state index contributed by atoms with van der Waals surface area (Å²) in [4.78, 5) is 23.7. The van der Waals surface area contributed by atoms with Gasteiger partial charge in [-0.2, -0.15) is 0 Å². The molecule has 0 aromatic heterocycles. The molecule has 1 rings (SSSR count). The number of ether oxygens (including phenoxy) is 1. The number of hydrogen-bond donors (Lipinski definition) is 1. The normalized spacial score (nSPS) is 10.1. The Hall–Kier alpha value is -2.04. The van der Waals surface area contributed by atoms with E-state index < -0.39 is 5.97 Å². The van der Waals surface area contributed by atoms with Crippen LogP contribution >= 0.6 is 0 Å². The van der Waals surface area contributed by atoms with Crippen LogP contribution in [-0.4, -0.2) is 41.6 Å². The first-order valence-corrected chi connectivity index (χ1v) is 6.72. The first-order valence-electron chi connectivity index (χ1n) is 6.72. The van der Waals surface area contributed by atoms with Gasteiger partial charge in [-0.05, 0) is 38.0 Å². The van der Waals surface area contributed by atoms with Crippen molar-refractivity contribution < 1.29 is 19.4 Å². The summed E-state index contributed by atoms with van der Waals surface area (Å²) < 4.78 is 5.54. The van der Waals surface area contributed by atoms with Crippen molar-refractivity contribution in [2.75, 3.05) is 19.7 Å². The molecule has 1 N–H and O–H groups in total. The Morgan fingerprint density at radius 1 is 1.35 bits per heavy atom. The minimum absolute atomic E-state index is 0.150. The third kappa shape index (κ3) is 5.73. The molecular weight excluding hydrogens is 258 g/mol. The van der Waals surface area contributed by atoms with Crippen molar-refractivity contribution in [3.63, 3.8) is 0 Å². The highest BCUT2D eigenvalue weighted by atomic mass is 16.5. The fourth-order valence-electron chi connectivity index (χ4n) is 1.82. The molecule has 1 aromatic carbocycles. The Morgan fingerprint density at radius 2 is 2.10 bits per heavy atom. The number of aryl methyl sites for hydroxylation is 1. The second-order valence-electron chi connectivity index (χ2n) is 4.57. The molecule has 0 unspecified atom stereocenters. The molecule has 20 heavy (non-hydrogen) atoms. The largest absolute Gasteiger partial charge is 0.494 e. The zero-order valence-corrected chi connectivity index (χ0v) is 12.0. The third-order valence-corrected chi connectivity index (χ3v) is 2.85. The van der Waals surface area contributed by atoms with Crippen LogP contribution in [-0.2, 0) is 9.59 Å². The van der Waals surface area contributed by atoms with Crippen LogP contribution in [0.5, 0.6) is 5.75 Å². The smallest absolute Gasteiger partial charge is 0.323 e. The Morgan fingerprint density at radius 3 is 2.70 bits per heavy atom. The van der Waals surface area contributed by atoms with Crippen LogP contribution in [0.3, 0.4) is 0 Å². The summed E-state index contributed by atoms with van der Waals surface area (Å²) in [6.45, 7) is 4.36. The Kier molecular flexibility index (Phi) is 6.56. The van der Waals surface area contributed by atoms with Crippen molar-refractivity contribution in [1.82, 2.24) is 4.90 Å². The van der Waals surface area contributed by atoms with Gasteiger partial charge in [0.15, 0.2) is 0 Å². The number of aliphatic carboxylic acids is 1. The highest BCUT2D eigenvalue weighted by Crippen LogP contribution is 2.12. The molecule has 0 fully saturated rings. The minimum Gasteiger partial charge on any atom is -0.494 e. The molecule has 0 atom stereocenters. The molecule has 0 radical (unpaired) electrons. The van der Waals surface area contributed by atoms with E-state index in [4.69, 9.17) is 9.84 Å². The molecule has 0 aliphatic carbocycles. The summed E-state index contributed by atoms with van der Waals surface area (Å²) in [7, 11) is 0. The van der Waals surface area contributed by atoms with E-state index >= 15 is 0 Å². The van der Waals surface area contributed by atoms with E-state index in [0.717, 1.165) is 11.3 Å². The zero-order valence-electron chi connectivity index (χ0n) is 12.0. The van der Waals surface area contributed by atoms with E-state index in [2.05, 4.69) is 0 Å². The van der Waals surface area contributed by atoms with Crippen molar-refractivity contribution in [3.8, 4) is 5.75 Å². The lowest BCUT2D eigenvalue weighted by molar-refractivity contribution is -0.144. The van der Waals surface area contributed by atoms with E-state index in [0.29, 0.717) is 26.0 Å². The lowest BCUT2D eigenvalue weighted by Gasteiger charge is -2.18. The van der Waals surface area contributed by atoms with Gasteiger partial charge < -0.3 is 14.7 Å². The van der Waals surface area contributed by atoms with Gasteiger partial charge in [0.25, 0.3) is 0 Å². The van der Waals surface area contributed by atoms with E-state index in [9.17, 15) is 9.59 Å². The van der Waals surface area contributed by atoms with Gasteiger partial charge in [-0.25, -0.2) is 0 Å². The molecule has 0 heterocycles. The number of hydrogen-bond acceptors (Lipinski definition) is 3. The standard InChI is InChI=1S/C15H21NO4/c1-3-16(11-15(18)19)14(17)8-5-9-20-13-7-4-6-12(2)10-13/h4,6-7,10H,3,5,8-9,11H2,1-2H3,(H,18,19). The summed E-state index contributed by atoms with van der Waals surface area (Å²) >= 11 is 0. The number of carbonyl (C=O) groups excluding carboxylic acids is 1. The van der Waals surface area contributed by atoms with Crippen LogP contribution in [0, 0.1) is 6.92 Å². The second-order valence-corrected chi connectivity index (χ2v) is 4.57. The third-order valence-electron chi connectivity index (χ3n) is 2.85. The number of carboxylic acids is 1. The minimum atomic E-state index is -0.990. The monoisotopic (exact) mass is 279 g/mol. The molecule has 0 bridgehead atoms. The average Bonchev–Trinajstić information content (AvgIpc) is 2.40. The molecule has 1 amide bonds. The van der Waals surface area contributed by atoms with Crippen LogP contribution in [0.1, 0.15) is 25.3 Å². The molecule has 0 aliphatic heterocycles. The van der Waals surface area contributed by atoms with Crippen LogP contribution in [0.15, 0.2) is 24.3 Å². The molecule has 0 saturated carbocycles. The topological polar surface area (TPSA) is 66.8 Å². The number of carboxylic acid groups (broad SMARTS) is 1. The van der Waals surface area contributed by atoms with Crippen LogP contribution < -0.4 is 4.74 Å². The molecule has 5 nitrogen and oxygen atoms in total. The van der Waals surface area contributed by atoms with Crippen molar-refractivity contribution in [1.29, 1.82) is 0 Å². The molecule has 1 aromatic rings. The number of amides is 1. The molecule has 0 spiro atoms. The first kappa shape index (κ1) is 16.0. The lowest BCUT2D eigenvalue weighted by atomic mass is 10.2. The van der Waals surface area contributed by atoms with Gasteiger partial charge in [0.05, 0.1) is 6.61 Å². The van der Waals surface area contributed by atoms with Crippen LogP contribution in [0.4, 0.5) is 0 Å². The van der Waals surface area contributed by atoms with Crippen molar-refractivity contribution in [3.05, 3.63) is 29.8 Å². The van der Waals surface area contributed by atoms with Gasteiger partial charge in [0.2, 0.25) is 5.91 Å². The maximum atomic E-state index is 11.8.